The van der Waals surface area contributed by atoms with Crippen LogP contribution in [-0.2, 0) is 0 Å². The fraction of sp³-hybridized carbons (Fsp3) is 0. The molecular weight excluding hydrogens is 508 g/mol. The molecule has 2 heteroatoms. The molecule has 0 aliphatic rings. The zero-order valence-electron chi connectivity index (χ0n) is 23.2. The van der Waals surface area contributed by atoms with Crippen molar-refractivity contribution in [1.29, 1.82) is 0 Å². The maximum absolute atomic E-state index is 3.47. The Kier molecular flexibility index (Phi) is 6.94. The average molecular weight is 539 g/mol. The number of hydrogen-bond donors (Lipinski definition) is 1. The van der Waals surface area contributed by atoms with Gasteiger partial charge < -0.3 is 10.2 Å². The highest BCUT2D eigenvalue weighted by Gasteiger charge is 2.14. The fourth-order valence-electron chi connectivity index (χ4n) is 5.46. The number of hydrogen-bond acceptors (Lipinski definition) is 2. The molecule has 0 unspecified atom stereocenters. The number of nitrogens with one attached hydrogen (secondary N) is 1. The van der Waals surface area contributed by atoms with E-state index in [0.717, 1.165) is 28.4 Å². The number of nitrogens with zero attached hydrogens (tertiary/aromatic N) is 1. The number of para-hydroxylation sites is 1. The van der Waals surface area contributed by atoms with Gasteiger partial charge in [0.2, 0.25) is 0 Å². The van der Waals surface area contributed by atoms with Crippen LogP contribution in [0.3, 0.4) is 0 Å². The van der Waals surface area contributed by atoms with Crippen LogP contribution in [0.25, 0.3) is 33.0 Å². The molecule has 0 saturated carbocycles. The summed E-state index contributed by atoms with van der Waals surface area (Å²) in [6.45, 7) is 0. The summed E-state index contributed by atoms with van der Waals surface area (Å²) in [7, 11) is 0. The number of fused-ring (bicyclic) bond motifs is 1. The number of rotatable bonds is 7. The minimum atomic E-state index is 1.07. The molecule has 200 valence electrons. The van der Waals surface area contributed by atoms with Crippen molar-refractivity contribution in [3.8, 4) is 22.3 Å². The van der Waals surface area contributed by atoms with Gasteiger partial charge in [0.1, 0.15) is 0 Å². The molecule has 42 heavy (non-hydrogen) atoms. The van der Waals surface area contributed by atoms with Gasteiger partial charge in [-0.05, 0) is 93.7 Å². The van der Waals surface area contributed by atoms with Crippen LogP contribution in [0.15, 0.2) is 176 Å². The Morgan fingerprint density at radius 2 is 0.833 bits per heavy atom. The molecule has 0 aliphatic heterocycles. The third kappa shape index (κ3) is 5.39. The normalized spacial score (nSPS) is 10.9. The van der Waals surface area contributed by atoms with Crippen molar-refractivity contribution >= 4 is 39.2 Å². The Hall–Kier alpha value is -5.60. The number of anilines is 5. The van der Waals surface area contributed by atoms with Crippen LogP contribution in [0, 0.1) is 0 Å². The van der Waals surface area contributed by atoms with Crippen molar-refractivity contribution in [1.82, 2.24) is 0 Å². The summed E-state index contributed by atoms with van der Waals surface area (Å²) in [6.07, 6.45) is 0. The van der Waals surface area contributed by atoms with E-state index in [4.69, 9.17) is 0 Å². The molecule has 0 heterocycles. The lowest BCUT2D eigenvalue weighted by Crippen LogP contribution is -2.10. The highest BCUT2D eigenvalue weighted by Crippen LogP contribution is 2.38. The maximum Gasteiger partial charge on any atom is 0.0468 e. The van der Waals surface area contributed by atoms with E-state index in [1.54, 1.807) is 0 Å². The largest absolute Gasteiger partial charge is 0.356 e. The Labute approximate surface area is 247 Å². The molecule has 0 saturated heterocycles. The van der Waals surface area contributed by atoms with E-state index in [1.807, 2.05) is 18.2 Å². The highest BCUT2D eigenvalue weighted by molar-refractivity contribution is 5.90. The zero-order valence-corrected chi connectivity index (χ0v) is 23.2. The van der Waals surface area contributed by atoms with Crippen LogP contribution in [0.1, 0.15) is 0 Å². The van der Waals surface area contributed by atoms with Crippen LogP contribution < -0.4 is 10.2 Å². The van der Waals surface area contributed by atoms with Crippen LogP contribution in [-0.4, -0.2) is 0 Å². The third-order valence-corrected chi connectivity index (χ3v) is 7.61. The monoisotopic (exact) mass is 538 g/mol. The second-order valence-corrected chi connectivity index (χ2v) is 10.4. The lowest BCUT2D eigenvalue weighted by atomic mass is 10.0. The molecule has 0 radical (unpaired) electrons. The summed E-state index contributed by atoms with van der Waals surface area (Å²) >= 11 is 0. The summed E-state index contributed by atoms with van der Waals surface area (Å²) in [5, 5.41) is 5.92. The Morgan fingerprint density at radius 3 is 1.57 bits per heavy atom. The van der Waals surface area contributed by atoms with E-state index in [9.17, 15) is 0 Å². The molecule has 0 aliphatic carbocycles. The molecule has 7 rings (SSSR count). The molecule has 0 bridgehead atoms. The molecule has 1 N–H and O–H groups in total. The van der Waals surface area contributed by atoms with Crippen molar-refractivity contribution in [2.24, 2.45) is 0 Å². The van der Waals surface area contributed by atoms with E-state index in [2.05, 4.69) is 168 Å². The summed E-state index contributed by atoms with van der Waals surface area (Å²) in [4.78, 5) is 2.34. The molecular formula is C40H30N2. The van der Waals surface area contributed by atoms with Gasteiger partial charge in [-0.15, -0.1) is 0 Å². The highest BCUT2D eigenvalue weighted by atomic mass is 15.1. The van der Waals surface area contributed by atoms with Gasteiger partial charge in [-0.25, -0.2) is 0 Å². The van der Waals surface area contributed by atoms with Gasteiger partial charge in [-0.1, -0.05) is 115 Å². The van der Waals surface area contributed by atoms with E-state index >= 15 is 0 Å². The topological polar surface area (TPSA) is 15.3 Å². The van der Waals surface area contributed by atoms with Gasteiger partial charge in [0.25, 0.3) is 0 Å². The molecule has 2 nitrogen and oxygen atoms in total. The minimum Gasteiger partial charge on any atom is -0.356 e. The van der Waals surface area contributed by atoms with Crippen molar-refractivity contribution in [2.45, 2.75) is 0 Å². The standard InChI is InChI=1S/C40H30N2/c1-3-10-30(11-4-1)35-14-9-17-39(28-35)42(40-27-22-31-12-7-8-13-34(31)29-40)38-25-20-33(21-26-38)32-18-23-37(24-19-32)41-36-15-5-2-6-16-36/h1-29,41H. The lowest BCUT2D eigenvalue weighted by molar-refractivity contribution is 1.29. The van der Waals surface area contributed by atoms with Crippen molar-refractivity contribution < 1.29 is 0 Å². The first-order valence-electron chi connectivity index (χ1n) is 14.3. The molecule has 0 aromatic heterocycles. The van der Waals surface area contributed by atoms with Gasteiger partial charge in [0.05, 0.1) is 0 Å². The molecule has 0 spiro atoms. The predicted molar refractivity (Wildman–Crippen MR) is 179 cm³/mol. The van der Waals surface area contributed by atoms with Gasteiger partial charge in [0.15, 0.2) is 0 Å². The smallest absolute Gasteiger partial charge is 0.0468 e. The first kappa shape index (κ1) is 25.4. The average Bonchev–Trinajstić information content (AvgIpc) is 3.07. The van der Waals surface area contributed by atoms with Crippen LogP contribution >= 0.6 is 0 Å². The van der Waals surface area contributed by atoms with E-state index in [1.165, 1.54) is 33.0 Å². The van der Waals surface area contributed by atoms with E-state index < -0.39 is 0 Å². The first-order valence-corrected chi connectivity index (χ1v) is 14.3. The summed E-state index contributed by atoms with van der Waals surface area (Å²) < 4.78 is 0. The number of benzene rings is 7. The molecule has 0 amide bonds. The summed E-state index contributed by atoms with van der Waals surface area (Å²) in [5.74, 6) is 0. The van der Waals surface area contributed by atoms with E-state index in [0.29, 0.717) is 0 Å². The van der Waals surface area contributed by atoms with Gasteiger partial charge in [-0.2, -0.15) is 0 Å². The van der Waals surface area contributed by atoms with Crippen molar-refractivity contribution in [2.75, 3.05) is 10.2 Å². The van der Waals surface area contributed by atoms with Gasteiger partial charge in [0, 0.05) is 28.4 Å². The zero-order chi connectivity index (χ0) is 28.1. The fourth-order valence-corrected chi connectivity index (χ4v) is 5.46. The summed E-state index contributed by atoms with van der Waals surface area (Å²) in [5.41, 5.74) is 10.3. The molecule has 7 aromatic carbocycles. The first-order chi connectivity index (χ1) is 20.8. The van der Waals surface area contributed by atoms with Crippen LogP contribution in [0.2, 0.25) is 0 Å². The van der Waals surface area contributed by atoms with Crippen molar-refractivity contribution in [3.05, 3.63) is 176 Å². The Morgan fingerprint density at radius 1 is 0.310 bits per heavy atom. The SMILES string of the molecule is c1ccc(Nc2ccc(-c3ccc(N(c4cccc(-c5ccccc5)c4)c4ccc5ccccc5c4)cc3)cc2)cc1. The maximum atomic E-state index is 3.47. The molecule has 7 aromatic rings. The second kappa shape index (κ2) is 11.5. The van der Waals surface area contributed by atoms with Crippen molar-refractivity contribution in [3.63, 3.8) is 0 Å². The van der Waals surface area contributed by atoms with E-state index in [-0.39, 0.29) is 0 Å². The molecule has 0 fully saturated rings. The Bertz CT molecular complexity index is 1930. The third-order valence-electron chi connectivity index (χ3n) is 7.61. The van der Waals surface area contributed by atoms with Crippen LogP contribution in [0.5, 0.6) is 0 Å². The van der Waals surface area contributed by atoms with Gasteiger partial charge >= 0.3 is 0 Å². The Balaban J connectivity index is 1.24. The van der Waals surface area contributed by atoms with Crippen LogP contribution in [0.4, 0.5) is 28.4 Å². The molecule has 0 atom stereocenters. The van der Waals surface area contributed by atoms with Gasteiger partial charge in [-0.3, -0.25) is 0 Å². The minimum absolute atomic E-state index is 1.07. The quantitative estimate of drug-likeness (QED) is 0.217. The second-order valence-electron chi connectivity index (χ2n) is 10.4. The predicted octanol–water partition coefficient (Wildman–Crippen LogP) is 11.4. The summed E-state index contributed by atoms with van der Waals surface area (Å²) in [6, 6.07) is 62.3. The lowest BCUT2D eigenvalue weighted by Gasteiger charge is -2.26.